The molecular formula is C30H36N2O7. The Kier molecular flexibility index (Phi) is 6.71. The number of aliphatic hydroxyl groups excluding tert-OH is 2. The molecule has 1 aromatic carbocycles. The van der Waals surface area contributed by atoms with Gasteiger partial charge in [-0.2, -0.15) is 0 Å². The summed E-state index contributed by atoms with van der Waals surface area (Å²) >= 11 is 0. The van der Waals surface area contributed by atoms with E-state index in [1.54, 1.807) is 14.1 Å². The first-order chi connectivity index (χ1) is 18.4. The van der Waals surface area contributed by atoms with Gasteiger partial charge in [-0.05, 0) is 88.1 Å². The molecule has 1 amide bonds. The fourth-order valence-electron chi connectivity index (χ4n) is 7.27. The molecule has 6 N–H and O–H groups in total. The van der Waals surface area contributed by atoms with Gasteiger partial charge in [0.15, 0.2) is 11.4 Å². The van der Waals surface area contributed by atoms with Crippen molar-refractivity contribution in [3.05, 3.63) is 57.4 Å². The normalized spacial score (nSPS) is 29.6. The van der Waals surface area contributed by atoms with Crippen LogP contribution in [0, 0.1) is 17.8 Å². The summed E-state index contributed by atoms with van der Waals surface area (Å²) in [7, 11) is 3.18. The zero-order chi connectivity index (χ0) is 28.4. The van der Waals surface area contributed by atoms with E-state index in [1.165, 1.54) is 23.0 Å². The van der Waals surface area contributed by atoms with Crippen LogP contribution in [-0.4, -0.2) is 68.5 Å². The highest BCUT2D eigenvalue weighted by Crippen LogP contribution is 2.53. The highest BCUT2D eigenvalue weighted by Gasteiger charge is 2.64. The standard InChI is InChI=1S/C30H36N2O7/c1-14(15-7-5-4-6-8-15)11-16-9-10-20(33)22-18(16)12-17-13-19-24(32(2)3)26(35)23(29(31)38)28(37)30(19,39)27(36)21(17)25(22)34/h7,9-10,14,17,19,24,33-34,37,39H,4-6,8,11-13H2,1-3H3,(H2,31,38). The van der Waals surface area contributed by atoms with Gasteiger partial charge in [0.25, 0.3) is 5.91 Å². The first-order valence-corrected chi connectivity index (χ1v) is 13.6. The maximum absolute atomic E-state index is 13.9. The van der Waals surface area contributed by atoms with E-state index in [2.05, 4.69) is 13.0 Å². The number of nitrogens with zero attached hydrogens (tertiary/aromatic N) is 1. The van der Waals surface area contributed by atoms with Crippen molar-refractivity contribution in [2.24, 2.45) is 23.5 Å². The van der Waals surface area contributed by atoms with Gasteiger partial charge in [-0.3, -0.25) is 19.3 Å². The van der Waals surface area contributed by atoms with Crippen molar-refractivity contribution in [2.45, 2.75) is 63.5 Å². The summed E-state index contributed by atoms with van der Waals surface area (Å²) < 4.78 is 0. The van der Waals surface area contributed by atoms with Crippen LogP contribution in [-0.2, 0) is 27.2 Å². The molecule has 1 fully saturated rings. The quantitative estimate of drug-likeness (QED) is 0.283. The van der Waals surface area contributed by atoms with E-state index < -0.39 is 58.0 Å². The van der Waals surface area contributed by atoms with Crippen molar-refractivity contribution in [1.82, 2.24) is 4.90 Å². The number of phenolic OH excluding ortho intramolecular Hbond substituents is 1. The van der Waals surface area contributed by atoms with Gasteiger partial charge in [0.2, 0.25) is 5.78 Å². The molecule has 5 unspecified atom stereocenters. The molecule has 208 valence electrons. The highest BCUT2D eigenvalue weighted by atomic mass is 16.3. The van der Waals surface area contributed by atoms with Gasteiger partial charge in [-0.25, -0.2) is 0 Å². The van der Waals surface area contributed by atoms with Crippen LogP contribution < -0.4 is 5.73 Å². The van der Waals surface area contributed by atoms with E-state index in [-0.39, 0.29) is 29.2 Å². The second-order valence-electron chi connectivity index (χ2n) is 11.7. The lowest BCUT2D eigenvalue weighted by molar-refractivity contribution is -0.153. The van der Waals surface area contributed by atoms with Gasteiger partial charge >= 0.3 is 0 Å². The number of hydrogen-bond donors (Lipinski definition) is 5. The lowest BCUT2D eigenvalue weighted by atomic mass is 9.57. The second kappa shape index (κ2) is 9.64. The Morgan fingerprint density at radius 1 is 1.18 bits per heavy atom. The molecule has 9 heteroatoms. The third kappa shape index (κ3) is 4.02. The van der Waals surface area contributed by atoms with Crippen LogP contribution in [0.25, 0.3) is 5.76 Å². The Morgan fingerprint density at radius 3 is 2.51 bits per heavy atom. The lowest BCUT2D eigenvalue weighted by Crippen LogP contribution is -2.65. The highest BCUT2D eigenvalue weighted by molar-refractivity contribution is 6.24. The summed E-state index contributed by atoms with van der Waals surface area (Å²) in [5.41, 5.74) is 5.06. The Balaban J connectivity index is 1.63. The van der Waals surface area contributed by atoms with E-state index in [0.29, 0.717) is 12.8 Å². The van der Waals surface area contributed by atoms with Crippen molar-refractivity contribution in [2.75, 3.05) is 14.1 Å². The number of aliphatic hydroxyl groups is 3. The molecule has 0 heterocycles. The Labute approximate surface area is 227 Å². The molecule has 5 rings (SSSR count). The summed E-state index contributed by atoms with van der Waals surface area (Å²) in [5, 5.41) is 44.8. The van der Waals surface area contributed by atoms with Crippen LogP contribution in [0.4, 0.5) is 0 Å². The predicted octanol–water partition coefficient (Wildman–Crippen LogP) is 2.64. The number of benzene rings is 1. The fraction of sp³-hybridized carbons (Fsp3) is 0.500. The van der Waals surface area contributed by atoms with Crippen LogP contribution in [0.3, 0.4) is 0 Å². The molecule has 0 radical (unpaired) electrons. The van der Waals surface area contributed by atoms with E-state index in [1.807, 2.05) is 6.07 Å². The maximum Gasteiger partial charge on any atom is 0.255 e. The Bertz CT molecular complexity index is 1370. The van der Waals surface area contributed by atoms with Gasteiger partial charge in [-0.15, -0.1) is 0 Å². The smallest absolute Gasteiger partial charge is 0.255 e. The molecule has 39 heavy (non-hydrogen) atoms. The van der Waals surface area contributed by atoms with Crippen molar-refractivity contribution in [3.8, 4) is 5.75 Å². The number of ketones is 2. The minimum Gasteiger partial charge on any atom is -0.508 e. The van der Waals surface area contributed by atoms with Crippen LogP contribution in [0.1, 0.15) is 55.7 Å². The minimum atomic E-state index is -2.63. The van der Waals surface area contributed by atoms with Gasteiger partial charge < -0.3 is 26.2 Å². The molecule has 0 saturated heterocycles. The van der Waals surface area contributed by atoms with Crippen LogP contribution >= 0.6 is 0 Å². The summed E-state index contributed by atoms with van der Waals surface area (Å²) in [6.45, 7) is 2.17. The molecule has 0 aliphatic heterocycles. The number of fused-ring (bicyclic) bond motifs is 3. The van der Waals surface area contributed by atoms with Crippen LogP contribution in [0.5, 0.6) is 5.75 Å². The molecular weight excluding hydrogens is 500 g/mol. The number of carbonyl (C=O) groups is 3. The molecule has 4 aliphatic carbocycles. The van der Waals surface area contributed by atoms with E-state index >= 15 is 0 Å². The molecule has 1 saturated carbocycles. The largest absolute Gasteiger partial charge is 0.508 e. The number of allylic oxidation sites excluding steroid dienone is 2. The fourth-order valence-corrected chi connectivity index (χ4v) is 7.27. The third-order valence-corrected chi connectivity index (χ3v) is 9.19. The van der Waals surface area contributed by atoms with Crippen molar-refractivity contribution >= 4 is 23.2 Å². The number of amides is 1. The molecule has 0 bridgehead atoms. The number of nitrogens with two attached hydrogens (primary N) is 1. The zero-order valence-electron chi connectivity index (χ0n) is 22.5. The van der Waals surface area contributed by atoms with Gasteiger partial charge in [-0.1, -0.05) is 24.6 Å². The Hall–Kier alpha value is -3.43. The summed E-state index contributed by atoms with van der Waals surface area (Å²) in [4.78, 5) is 40.8. The summed E-state index contributed by atoms with van der Waals surface area (Å²) in [6.07, 6.45) is 7.88. The van der Waals surface area contributed by atoms with E-state index in [9.17, 15) is 34.8 Å². The molecule has 0 aromatic heterocycles. The topological polar surface area (TPSA) is 161 Å². The number of hydrogen-bond acceptors (Lipinski definition) is 8. The minimum absolute atomic E-state index is 0.0849. The number of rotatable bonds is 5. The molecule has 1 aromatic rings. The Morgan fingerprint density at radius 2 is 1.90 bits per heavy atom. The number of phenols is 1. The number of aromatic hydroxyl groups is 1. The average molecular weight is 537 g/mol. The van der Waals surface area contributed by atoms with Gasteiger partial charge in [0.1, 0.15) is 22.8 Å². The SMILES string of the molecule is CC(Cc1ccc(O)c2c1CC1CC3C(N(C)C)C(=O)C(C(N)=O)=C(O)C3(O)C(=O)C1=C2O)C1=CCCCC1. The second-order valence-corrected chi connectivity index (χ2v) is 11.7. The average Bonchev–Trinajstić information content (AvgIpc) is 2.88. The monoisotopic (exact) mass is 536 g/mol. The number of carbonyl (C=O) groups excluding carboxylic acids is 3. The molecule has 5 atom stereocenters. The van der Waals surface area contributed by atoms with Crippen LogP contribution in [0.2, 0.25) is 0 Å². The number of Topliss-reactive ketones (excluding diaryl/α,β-unsaturated/α-hetero) is 2. The van der Waals surface area contributed by atoms with Crippen LogP contribution in [0.15, 0.2) is 40.7 Å². The maximum atomic E-state index is 13.9. The molecule has 9 nitrogen and oxygen atoms in total. The van der Waals surface area contributed by atoms with Crippen molar-refractivity contribution in [1.29, 1.82) is 0 Å². The number of likely N-dealkylation sites (N-methyl/N-ethyl adjacent to an activating group) is 1. The first kappa shape index (κ1) is 27.1. The van der Waals surface area contributed by atoms with Gasteiger partial charge in [0, 0.05) is 11.5 Å². The molecule has 0 spiro atoms. The number of primary amides is 1. The first-order valence-electron chi connectivity index (χ1n) is 13.6. The van der Waals surface area contributed by atoms with Crippen molar-refractivity contribution < 1.29 is 34.8 Å². The summed E-state index contributed by atoms with van der Waals surface area (Å²) in [5.74, 6) is -6.09. The lowest BCUT2D eigenvalue weighted by Gasteiger charge is -2.50. The zero-order valence-corrected chi connectivity index (χ0v) is 22.5. The van der Waals surface area contributed by atoms with Gasteiger partial charge in [0.05, 0.1) is 11.6 Å². The molecule has 4 aliphatic rings. The van der Waals surface area contributed by atoms with E-state index in [0.717, 1.165) is 30.4 Å². The van der Waals surface area contributed by atoms with Crippen molar-refractivity contribution in [3.63, 3.8) is 0 Å². The third-order valence-electron chi connectivity index (χ3n) is 9.19. The summed E-state index contributed by atoms with van der Waals surface area (Å²) in [6, 6.07) is 2.26. The predicted molar refractivity (Wildman–Crippen MR) is 144 cm³/mol. The van der Waals surface area contributed by atoms with E-state index in [4.69, 9.17) is 5.73 Å².